The molecule has 0 spiro atoms. The number of rotatable bonds is 12. The number of anilines is 1. The van der Waals surface area contributed by atoms with Crippen molar-refractivity contribution in [2.75, 3.05) is 10.8 Å². The minimum absolute atomic E-state index is 0.0231. The fraction of sp³-hybridized carbons (Fsp3) is 0.333. The summed E-state index contributed by atoms with van der Waals surface area (Å²) in [5.74, 6) is -0.899. The first-order chi connectivity index (χ1) is 19.4. The molecule has 3 aromatic carbocycles. The van der Waals surface area contributed by atoms with Gasteiger partial charge in [-0.15, -0.1) is 0 Å². The highest BCUT2D eigenvalue weighted by Gasteiger charge is 2.34. The van der Waals surface area contributed by atoms with Crippen LogP contribution in [-0.2, 0) is 26.2 Å². The minimum Gasteiger partial charge on any atom is -0.352 e. The number of sulfonamides is 1. The second-order valence-electron chi connectivity index (χ2n) is 9.80. The summed E-state index contributed by atoms with van der Waals surface area (Å²) in [7, 11) is -4.20. The van der Waals surface area contributed by atoms with E-state index in [1.807, 2.05) is 26.8 Å². The van der Waals surface area contributed by atoms with Crippen molar-refractivity contribution in [3.05, 3.63) is 92.9 Å². The highest BCUT2D eigenvalue weighted by Crippen LogP contribution is 2.28. The van der Waals surface area contributed by atoms with E-state index in [0.29, 0.717) is 39.2 Å². The van der Waals surface area contributed by atoms with Crippen LogP contribution in [0.5, 0.6) is 0 Å². The van der Waals surface area contributed by atoms with E-state index in [1.165, 1.54) is 29.2 Å². The van der Waals surface area contributed by atoms with Crippen LogP contribution in [0, 0.1) is 6.92 Å². The van der Waals surface area contributed by atoms with Crippen LogP contribution in [-0.4, -0.2) is 43.8 Å². The largest absolute Gasteiger partial charge is 0.352 e. The molecule has 2 atom stereocenters. The maximum atomic E-state index is 14.1. The molecule has 41 heavy (non-hydrogen) atoms. The Bertz CT molecular complexity index is 1480. The molecule has 0 aliphatic carbocycles. The standard InChI is InChI=1S/C30H34Cl3N3O4S/c1-5-21(4)34-30(38)28(6-2)35(18-22-10-11-24(32)17-27(22)33)29(37)19-36(25-9-7-8-20(3)16-25)41(39,40)26-14-12-23(31)13-15-26/h7-17,21,28H,5-6,18-19H2,1-4H3,(H,34,38)/t21-,28+/m1/s1. The van der Waals surface area contributed by atoms with E-state index in [2.05, 4.69) is 5.32 Å². The Morgan fingerprint density at radius 2 is 1.56 bits per heavy atom. The Labute approximate surface area is 257 Å². The number of hydrogen-bond acceptors (Lipinski definition) is 4. The van der Waals surface area contributed by atoms with Gasteiger partial charge in [0.15, 0.2) is 0 Å². The summed E-state index contributed by atoms with van der Waals surface area (Å²) in [6.45, 7) is 6.89. The lowest BCUT2D eigenvalue weighted by Gasteiger charge is -2.34. The van der Waals surface area contributed by atoms with E-state index in [4.69, 9.17) is 34.8 Å². The lowest BCUT2D eigenvalue weighted by Crippen LogP contribution is -2.53. The number of nitrogens with one attached hydrogen (secondary N) is 1. The number of carbonyl (C=O) groups is 2. The molecule has 220 valence electrons. The average Bonchev–Trinajstić information content (AvgIpc) is 2.92. The maximum absolute atomic E-state index is 14.1. The molecule has 0 unspecified atom stereocenters. The van der Waals surface area contributed by atoms with Crippen LogP contribution in [0.25, 0.3) is 0 Å². The summed E-state index contributed by atoms with van der Waals surface area (Å²) in [5, 5.41) is 4.09. The van der Waals surface area contributed by atoms with E-state index in [1.54, 1.807) is 43.3 Å². The maximum Gasteiger partial charge on any atom is 0.264 e. The lowest BCUT2D eigenvalue weighted by molar-refractivity contribution is -0.140. The van der Waals surface area contributed by atoms with Crippen LogP contribution in [0.1, 0.15) is 44.7 Å². The summed E-state index contributed by atoms with van der Waals surface area (Å²) in [5.41, 5.74) is 1.70. The molecule has 2 amide bonds. The van der Waals surface area contributed by atoms with Crippen molar-refractivity contribution in [1.82, 2.24) is 10.2 Å². The summed E-state index contributed by atoms with van der Waals surface area (Å²) >= 11 is 18.5. The topological polar surface area (TPSA) is 86.8 Å². The molecule has 0 heterocycles. The fourth-order valence-corrected chi connectivity index (χ4v) is 6.24. The molecule has 0 aliphatic rings. The third-order valence-electron chi connectivity index (χ3n) is 6.71. The second kappa shape index (κ2) is 14.4. The molecule has 0 aromatic heterocycles. The highest BCUT2D eigenvalue weighted by molar-refractivity contribution is 7.92. The van der Waals surface area contributed by atoms with E-state index in [-0.39, 0.29) is 23.4 Å². The molecule has 7 nitrogen and oxygen atoms in total. The Balaban J connectivity index is 2.08. The van der Waals surface area contributed by atoms with Gasteiger partial charge in [-0.1, -0.05) is 66.8 Å². The lowest BCUT2D eigenvalue weighted by atomic mass is 10.1. The molecule has 0 bridgehead atoms. The molecule has 0 saturated carbocycles. The second-order valence-corrected chi connectivity index (χ2v) is 12.9. The zero-order valence-electron chi connectivity index (χ0n) is 23.4. The summed E-state index contributed by atoms with van der Waals surface area (Å²) in [4.78, 5) is 28.9. The van der Waals surface area contributed by atoms with E-state index in [0.717, 1.165) is 9.87 Å². The van der Waals surface area contributed by atoms with Gasteiger partial charge in [-0.25, -0.2) is 8.42 Å². The van der Waals surface area contributed by atoms with Crippen molar-refractivity contribution in [2.45, 2.75) is 64.1 Å². The van der Waals surface area contributed by atoms with E-state index >= 15 is 0 Å². The van der Waals surface area contributed by atoms with Crippen molar-refractivity contribution in [3.8, 4) is 0 Å². The third kappa shape index (κ3) is 8.38. The van der Waals surface area contributed by atoms with Gasteiger partial charge in [-0.3, -0.25) is 13.9 Å². The van der Waals surface area contributed by atoms with Crippen molar-refractivity contribution in [1.29, 1.82) is 0 Å². The quantitative estimate of drug-likeness (QED) is 0.235. The number of benzene rings is 3. The zero-order valence-corrected chi connectivity index (χ0v) is 26.5. The molecular weight excluding hydrogens is 605 g/mol. The number of amides is 2. The molecular formula is C30H34Cl3N3O4S. The molecule has 0 saturated heterocycles. The number of hydrogen-bond donors (Lipinski definition) is 1. The number of halogens is 3. The Kier molecular flexibility index (Phi) is 11.5. The molecule has 0 fully saturated rings. The van der Waals surface area contributed by atoms with Crippen LogP contribution in [0.4, 0.5) is 5.69 Å². The van der Waals surface area contributed by atoms with E-state index < -0.39 is 28.5 Å². The number of aryl methyl sites for hydroxylation is 1. The number of nitrogens with zero attached hydrogens (tertiary/aromatic N) is 2. The SMILES string of the molecule is CC[C@@H](C)NC(=O)[C@H](CC)N(Cc1ccc(Cl)cc1Cl)C(=O)CN(c1cccc(C)c1)S(=O)(=O)c1ccc(Cl)cc1. The van der Waals surface area contributed by atoms with Crippen molar-refractivity contribution >= 4 is 62.3 Å². The van der Waals surface area contributed by atoms with Gasteiger partial charge in [0, 0.05) is 27.7 Å². The van der Waals surface area contributed by atoms with Crippen molar-refractivity contribution < 1.29 is 18.0 Å². The van der Waals surface area contributed by atoms with Crippen molar-refractivity contribution in [2.24, 2.45) is 0 Å². The zero-order chi connectivity index (χ0) is 30.3. The monoisotopic (exact) mass is 637 g/mol. The Hall–Kier alpha value is -2.78. The fourth-order valence-electron chi connectivity index (χ4n) is 4.24. The molecule has 0 aliphatic heterocycles. The predicted octanol–water partition coefficient (Wildman–Crippen LogP) is 6.87. The van der Waals surface area contributed by atoms with Gasteiger partial charge in [0.1, 0.15) is 12.6 Å². The van der Waals surface area contributed by atoms with Crippen molar-refractivity contribution in [3.63, 3.8) is 0 Å². The van der Waals surface area contributed by atoms with Gasteiger partial charge in [-0.05, 0) is 86.3 Å². The van der Waals surface area contributed by atoms with Gasteiger partial charge in [-0.2, -0.15) is 0 Å². The first-order valence-electron chi connectivity index (χ1n) is 13.3. The molecule has 11 heteroatoms. The average molecular weight is 639 g/mol. The molecule has 0 radical (unpaired) electrons. The van der Waals surface area contributed by atoms with Gasteiger partial charge in [0.05, 0.1) is 10.6 Å². The smallest absolute Gasteiger partial charge is 0.264 e. The first kappa shape index (κ1) is 32.7. The molecule has 1 N–H and O–H groups in total. The Morgan fingerprint density at radius 1 is 0.902 bits per heavy atom. The molecule has 3 aromatic rings. The van der Waals surface area contributed by atoms with Gasteiger partial charge in [0.25, 0.3) is 10.0 Å². The van der Waals surface area contributed by atoms with Gasteiger partial charge < -0.3 is 10.2 Å². The van der Waals surface area contributed by atoms with Crippen LogP contribution >= 0.6 is 34.8 Å². The predicted molar refractivity (Wildman–Crippen MR) is 166 cm³/mol. The minimum atomic E-state index is -4.20. The summed E-state index contributed by atoms with van der Waals surface area (Å²) in [6, 6.07) is 16.5. The van der Waals surface area contributed by atoms with E-state index in [9.17, 15) is 18.0 Å². The first-order valence-corrected chi connectivity index (χ1v) is 15.8. The summed E-state index contributed by atoms with van der Waals surface area (Å²) in [6.07, 6.45) is 1.01. The number of carbonyl (C=O) groups excluding carboxylic acids is 2. The van der Waals surface area contributed by atoms with Crippen LogP contribution in [0.3, 0.4) is 0 Å². The van der Waals surface area contributed by atoms with Crippen LogP contribution in [0.2, 0.25) is 15.1 Å². The third-order valence-corrected chi connectivity index (χ3v) is 9.34. The normalized spacial score (nSPS) is 12.9. The van der Waals surface area contributed by atoms with Gasteiger partial charge >= 0.3 is 0 Å². The highest BCUT2D eigenvalue weighted by atomic mass is 35.5. The molecule has 3 rings (SSSR count). The summed E-state index contributed by atoms with van der Waals surface area (Å²) < 4.78 is 28.9. The van der Waals surface area contributed by atoms with Gasteiger partial charge in [0.2, 0.25) is 11.8 Å². The van der Waals surface area contributed by atoms with Crippen LogP contribution < -0.4 is 9.62 Å². The Morgan fingerprint density at radius 3 is 2.15 bits per heavy atom. The van der Waals surface area contributed by atoms with Crippen LogP contribution in [0.15, 0.2) is 71.6 Å².